The maximum atomic E-state index is 12.4. The highest BCUT2D eigenvalue weighted by molar-refractivity contribution is 14.1. The number of ketones is 1. The fourth-order valence-electron chi connectivity index (χ4n) is 2.74. The van der Waals surface area contributed by atoms with Crippen molar-refractivity contribution in [2.75, 3.05) is 6.61 Å². The van der Waals surface area contributed by atoms with Gasteiger partial charge in [-0.15, -0.1) is 0 Å². The number of Topliss-reactive ketones (excluding diaryl/α,β-unsaturated/α-hetero) is 1. The molecule has 2 aromatic rings. The van der Waals surface area contributed by atoms with Crippen molar-refractivity contribution in [1.29, 1.82) is 0 Å². The van der Waals surface area contributed by atoms with Crippen molar-refractivity contribution in [2.45, 2.75) is 32.7 Å². The van der Waals surface area contributed by atoms with Crippen LogP contribution in [0.3, 0.4) is 0 Å². The van der Waals surface area contributed by atoms with E-state index in [1.807, 2.05) is 37.3 Å². The van der Waals surface area contributed by atoms with E-state index in [-0.39, 0.29) is 12.4 Å². The van der Waals surface area contributed by atoms with Crippen molar-refractivity contribution < 1.29 is 9.53 Å². The topological polar surface area (TPSA) is 31.2 Å². The summed E-state index contributed by atoms with van der Waals surface area (Å²) in [6, 6.07) is 10.3. The van der Waals surface area contributed by atoms with E-state index in [1.54, 1.807) is 0 Å². The summed E-state index contributed by atoms with van der Waals surface area (Å²) in [5.41, 5.74) is 3.05. The third-order valence-electron chi connectivity index (χ3n) is 3.86. The van der Waals surface area contributed by atoms with E-state index in [4.69, 9.17) is 4.74 Å². The average molecular weight is 395 g/mol. The van der Waals surface area contributed by atoms with E-state index in [0.29, 0.717) is 6.04 Å². The molecule has 0 bridgehead atoms. The Morgan fingerprint density at radius 2 is 2.10 bits per heavy atom. The molecule has 0 saturated heterocycles. The van der Waals surface area contributed by atoms with E-state index < -0.39 is 0 Å². The maximum absolute atomic E-state index is 12.4. The van der Waals surface area contributed by atoms with Crippen LogP contribution in [0.2, 0.25) is 0 Å². The summed E-state index contributed by atoms with van der Waals surface area (Å²) in [7, 11) is 0. The van der Waals surface area contributed by atoms with Gasteiger partial charge in [0.2, 0.25) is 5.78 Å². The van der Waals surface area contributed by atoms with E-state index in [1.165, 1.54) is 18.5 Å². The molecule has 1 heterocycles. The van der Waals surface area contributed by atoms with Crippen molar-refractivity contribution in [3.63, 3.8) is 0 Å². The zero-order chi connectivity index (χ0) is 15.0. The largest absolute Gasteiger partial charge is 0.485 e. The van der Waals surface area contributed by atoms with Crippen LogP contribution in [0.15, 0.2) is 30.3 Å². The molecule has 1 aromatic heterocycles. The number of nitrogens with zero attached hydrogens (tertiary/aromatic N) is 1. The van der Waals surface area contributed by atoms with Gasteiger partial charge < -0.3 is 9.30 Å². The first-order valence-electron chi connectivity index (χ1n) is 7.16. The van der Waals surface area contributed by atoms with Gasteiger partial charge in [0.1, 0.15) is 5.75 Å². The van der Waals surface area contributed by atoms with Gasteiger partial charge in [0, 0.05) is 26.6 Å². The van der Waals surface area contributed by atoms with Crippen LogP contribution in [0.5, 0.6) is 5.75 Å². The Morgan fingerprint density at radius 3 is 2.76 bits per heavy atom. The van der Waals surface area contributed by atoms with Gasteiger partial charge in [-0.3, -0.25) is 4.79 Å². The second-order valence-electron chi connectivity index (χ2n) is 5.56. The molecule has 3 rings (SSSR count). The molecule has 0 unspecified atom stereocenters. The highest BCUT2D eigenvalue weighted by Gasteiger charge is 2.28. The minimum absolute atomic E-state index is 0.0499. The fraction of sp³-hybridized carbons (Fsp3) is 0.353. The number of hydrogen-bond donors (Lipinski definition) is 0. The smallest absolute Gasteiger partial charge is 0.202 e. The van der Waals surface area contributed by atoms with Crippen LogP contribution in [-0.4, -0.2) is 17.0 Å². The molecule has 21 heavy (non-hydrogen) atoms. The summed E-state index contributed by atoms with van der Waals surface area (Å²) in [6.45, 7) is 4.20. The lowest BCUT2D eigenvalue weighted by molar-refractivity contribution is 0.0920. The monoisotopic (exact) mass is 395 g/mol. The lowest BCUT2D eigenvalue weighted by Gasteiger charge is -2.08. The van der Waals surface area contributed by atoms with Crippen LogP contribution in [0.25, 0.3) is 0 Å². The van der Waals surface area contributed by atoms with E-state index >= 15 is 0 Å². The third-order valence-corrected chi connectivity index (χ3v) is 4.53. The first-order valence-corrected chi connectivity index (χ1v) is 8.24. The van der Waals surface area contributed by atoms with Gasteiger partial charge in [-0.05, 0) is 73.5 Å². The lowest BCUT2D eigenvalue weighted by atomic mass is 10.1. The Kier molecular flexibility index (Phi) is 4.06. The fourth-order valence-corrected chi connectivity index (χ4v) is 3.25. The number of aromatic nitrogens is 1. The number of halogens is 1. The molecule has 1 saturated carbocycles. The molecule has 1 aromatic carbocycles. The SMILES string of the molecule is Cc1cc(C(=O)COc2cccc(I)c2)c(C)n1C1CC1. The van der Waals surface area contributed by atoms with Crippen LogP contribution < -0.4 is 4.74 Å². The van der Waals surface area contributed by atoms with Gasteiger partial charge in [0.15, 0.2) is 6.61 Å². The predicted octanol–water partition coefficient (Wildman–Crippen LogP) is 4.31. The number of aryl methyl sites for hydroxylation is 1. The number of ether oxygens (including phenoxy) is 1. The first kappa shape index (κ1) is 14.6. The molecule has 0 spiro atoms. The van der Waals surface area contributed by atoms with Gasteiger partial charge in [-0.2, -0.15) is 0 Å². The Balaban J connectivity index is 1.72. The molecule has 1 aliphatic rings. The minimum Gasteiger partial charge on any atom is -0.485 e. The number of carbonyl (C=O) groups excluding carboxylic acids is 1. The first-order chi connectivity index (χ1) is 10.1. The second kappa shape index (κ2) is 5.83. The summed E-state index contributed by atoms with van der Waals surface area (Å²) in [5.74, 6) is 0.792. The second-order valence-corrected chi connectivity index (χ2v) is 6.80. The molecule has 1 fully saturated rings. The summed E-state index contributed by atoms with van der Waals surface area (Å²) in [6.07, 6.45) is 2.45. The molecule has 1 aliphatic carbocycles. The van der Waals surface area contributed by atoms with E-state index in [9.17, 15) is 4.79 Å². The Labute approximate surface area is 138 Å². The molecular weight excluding hydrogens is 377 g/mol. The van der Waals surface area contributed by atoms with Crippen molar-refractivity contribution >= 4 is 28.4 Å². The van der Waals surface area contributed by atoms with Crippen molar-refractivity contribution in [1.82, 2.24) is 4.57 Å². The zero-order valence-electron chi connectivity index (χ0n) is 12.2. The molecule has 0 aliphatic heterocycles. The average Bonchev–Trinajstić information content (AvgIpc) is 3.22. The van der Waals surface area contributed by atoms with Crippen molar-refractivity contribution in [3.05, 3.63) is 50.9 Å². The third kappa shape index (κ3) is 3.15. The van der Waals surface area contributed by atoms with Crippen LogP contribution in [0, 0.1) is 17.4 Å². The van der Waals surface area contributed by atoms with Crippen LogP contribution >= 0.6 is 22.6 Å². The standard InChI is InChI=1S/C17H18INO2/c1-11-8-16(12(2)19(11)14-6-7-14)17(20)10-21-15-5-3-4-13(18)9-15/h3-5,8-9,14H,6-7,10H2,1-2H3. The molecule has 0 atom stereocenters. The molecule has 3 nitrogen and oxygen atoms in total. The quantitative estimate of drug-likeness (QED) is 0.558. The normalized spacial score (nSPS) is 14.2. The van der Waals surface area contributed by atoms with Gasteiger partial charge in [-0.25, -0.2) is 0 Å². The van der Waals surface area contributed by atoms with Crippen molar-refractivity contribution in [3.8, 4) is 5.75 Å². The number of carbonyl (C=O) groups is 1. The molecule has 4 heteroatoms. The summed E-state index contributed by atoms with van der Waals surface area (Å²) < 4.78 is 9.01. The lowest BCUT2D eigenvalue weighted by Crippen LogP contribution is -2.12. The zero-order valence-corrected chi connectivity index (χ0v) is 14.4. The maximum Gasteiger partial charge on any atom is 0.202 e. The summed E-state index contributed by atoms with van der Waals surface area (Å²) >= 11 is 2.23. The van der Waals surface area contributed by atoms with Crippen LogP contribution in [-0.2, 0) is 0 Å². The van der Waals surface area contributed by atoms with Gasteiger partial charge in [0.05, 0.1) is 0 Å². The predicted molar refractivity (Wildman–Crippen MR) is 91.2 cm³/mol. The van der Waals surface area contributed by atoms with Crippen molar-refractivity contribution in [2.24, 2.45) is 0 Å². The van der Waals surface area contributed by atoms with Crippen LogP contribution in [0.1, 0.15) is 40.6 Å². The Bertz CT molecular complexity index is 686. The summed E-state index contributed by atoms with van der Waals surface area (Å²) in [4.78, 5) is 12.4. The summed E-state index contributed by atoms with van der Waals surface area (Å²) in [5, 5.41) is 0. The van der Waals surface area contributed by atoms with Gasteiger partial charge in [-0.1, -0.05) is 6.07 Å². The number of rotatable bonds is 5. The molecule has 0 amide bonds. The minimum atomic E-state index is 0.0499. The Morgan fingerprint density at radius 1 is 1.33 bits per heavy atom. The van der Waals surface area contributed by atoms with E-state index in [2.05, 4.69) is 34.1 Å². The molecule has 110 valence electrons. The molecule has 0 radical (unpaired) electrons. The highest BCUT2D eigenvalue weighted by atomic mass is 127. The van der Waals surface area contributed by atoms with E-state index in [0.717, 1.165) is 20.6 Å². The van der Waals surface area contributed by atoms with Crippen LogP contribution in [0.4, 0.5) is 0 Å². The van der Waals surface area contributed by atoms with Gasteiger partial charge in [0.25, 0.3) is 0 Å². The van der Waals surface area contributed by atoms with Gasteiger partial charge >= 0.3 is 0 Å². The Hall–Kier alpha value is -1.30. The molecule has 0 N–H and O–H groups in total. The number of hydrogen-bond acceptors (Lipinski definition) is 2. The molecular formula is C17H18INO2. The highest BCUT2D eigenvalue weighted by Crippen LogP contribution is 2.38. The number of benzene rings is 1.